The standard InChI is InChI=1S/C31H50O5SSi/c1-24-15-17-29(18-16-24)37(32,33)35-21-26(3)19-25(2)20-27(4)30(36-38(8,9)31(5,6)7)23-34-22-28-13-11-10-12-14-28/h10-18,25-27,30H,19-23H2,1-9H3/t25-,26+,27+,30+/m1/s1. The van der Waals surface area contributed by atoms with Gasteiger partial charge in [-0.1, -0.05) is 89.6 Å². The zero-order valence-corrected chi connectivity index (χ0v) is 26.8. The Kier molecular flexibility index (Phi) is 12.2. The van der Waals surface area contributed by atoms with Crippen LogP contribution in [0.25, 0.3) is 0 Å². The highest BCUT2D eigenvalue weighted by Gasteiger charge is 2.40. The van der Waals surface area contributed by atoms with E-state index in [0.29, 0.717) is 25.0 Å². The van der Waals surface area contributed by atoms with E-state index in [9.17, 15) is 8.42 Å². The first-order chi connectivity index (χ1) is 17.6. The molecule has 0 saturated heterocycles. The third kappa shape index (κ3) is 10.6. The Bertz CT molecular complexity index is 1060. The summed E-state index contributed by atoms with van der Waals surface area (Å²) in [4.78, 5) is 0.207. The van der Waals surface area contributed by atoms with Gasteiger partial charge in [-0.15, -0.1) is 0 Å². The molecule has 5 nitrogen and oxygen atoms in total. The van der Waals surface area contributed by atoms with Gasteiger partial charge in [0.05, 0.1) is 30.8 Å². The average molecular weight is 563 g/mol. The molecule has 0 aliphatic rings. The first-order valence-corrected chi connectivity index (χ1v) is 18.2. The second-order valence-corrected chi connectivity index (χ2v) is 19.0. The van der Waals surface area contributed by atoms with Crippen molar-refractivity contribution < 1.29 is 21.8 Å². The highest BCUT2D eigenvalue weighted by molar-refractivity contribution is 7.86. The van der Waals surface area contributed by atoms with Crippen LogP contribution in [-0.2, 0) is 30.1 Å². The number of aryl methyl sites for hydroxylation is 1. The first-order valence-electron chi connectivity index (χ1n) is 13.9. The average Bonchev–Trinajstić information content (AvgIpc) is 2.82. The predicted octanol–water partition coefficient (Wildman–Crippen LogP) is 8.00. The topological polar surface area (TPSA) is 61.8 Å². The summed E-state index contributed by atoms with van der Waals surface area (Å²) in [7, 11) is -5.72. The Morgan fingerprint density at radius 3 is 2.03 bits per heavy atom. The molecule has 0 aliphatic carbocycles. The lowest BCUT2D eigenvalue weighted by molar-refractivity contribution is 0.00341. The minimum absolute atomic E-state index is 0.00975. The predicted molar refractivity (Wildman–Crippen MR) is 159 cm³/mol. The molecular weight excluding hydrogens is 512 g/mol. The van der Waals surface area contributed by atoms with Crippen LogP contribution in [0.5, 0.6) is 0 Å². The van der Waals surface area contributed by atoms with E-state index in [1.54, 1.807) is 24.3 Å². The van der Waals surface area contributed by atoms with Crippen molar-refractivity contribution in [2.75, 3.05) is 13.2 Å². The first kappa shape index (κ1) is 32.7. The molecule has 0 bridgehead atoms. The molecule has 0 heterocycles. The van der Waals surface area contributed by atoms with Crippen molar-refractivity contribution in [3.05, 3.63) is 65.7 Å². The molecule has 0 saturated carbocycles. The maximum absolute atomic E-state index is 12.6. The molecule has 7 heteroatoms. The van der Waals surface area contributed by atoms with Crippen molar-refractivity contribution in [1.82, 2.24) is 0 Å². The summed E-state index contributed by atoms with van der Waals surface area (Å²) in [5.41, 5.74) is 2.18. The Labute approximate surface area is 233 Å². The molecular formula is C31H50O5SSi. The lowest BCUT2D eigenvalue weighted by Crippen LogP contribution is -2.47. The van der Waals surface area contributed by atoms with E-state index in [1.165, 1.54) is 0 Å². The van der Waals surface area contributed by atoms with Gasteiger partial charge in [-0.2, -0.15) is 8.42 Å². The monoisotopic (exact) mass is 562 g/mol. The lowest BCUT2D eigenvalue weighted by Gasteiger charge is -2.41. The van der Waals surface area contributed by atoms with Gasteiger partial charge in [-0.25, -0.2) is 0 Å². The maximum atomic E-state index is 12.6. The molecule has 2 aromatic rings. The van der Waals surface area contributed by atoms with Gasteiger partial charge >= 0.3 is 0 Å². The van der Waals surface area contributed by atoms with Crippen LogP contribution in [0.1, 0.15) is 65.5 Å². The Morgan fingerprint density at radius 2 is 1.45 bits per heavy atom. The zero-order chi connectivity index (χ0) is 28.6. The van der Waals surface area contributed by atoms with Gasteiger partial charge in [0.1, 0.15) is 0 Å². The van der Waals surface area contributed by atoms with Crippen LogP contribution in [0.4, 0.5) is 0 Å². The van der Waals surface area contributed by atoms with Gasteiger partial charge in [-0.3, -0.25) is 4.18 Å². The molecule has 0 spiro atoms. The number of ether oxygens (including phenoxy) is 1. The summed E-state index contributed by atoms with van der Waals surface area (Å²) < 4.78 is 43.6. The van der Waals surface area contributed by atoms with Crippen LogP contribution < -0.4 is 0 Å². The van der Waals surface area contributed by atoms with Crippen LogP contribution in [0.3, 0.4) is 0 Å². The van der Waals surface area contributed by atoms with Crippen molar-refractivity contribution >= 4 is 18.4 Å². The van der Waals surface area contributed by atoms with Crippen molar-refractivity contribution in [1.29, 1.82) is 0 Å². The molecule has 214 valence electrons. The van der Waals surface area contributed by atoms with E-state index >= 15 is 0 Å². The van der Waals surface area contributed by atoms with E-state index in [4.69, 9.17) is 13.3 Å². The number of rotatable bonds is 15. The third-order valence-electron chi connectivity index (χ3n) is 7.68. The molecule has 0 fully saturated rings. The minimum atomic E-state index is -3.74. The number of hydrogen-bond acceptors (Lipinski definition) is 5. The Hall–Kier alpha value is -1.51. The van der Waals surface area contributed by atoms with E-state index in [0.717, 1.165) is 24.0 Å². The molecule has 2 aromatic carbocycles. The minimum Gasteiger partial charge on any atom is -0.411 e. The second kappa shape index (κ2) is 14.2. The quantitative estimate of drug-likeness (QED) is 0.163. The lowest BCUT2D eigenvalue weighted by atomic mass is 9.87. The van der Waals surface area contributed by atoms with Gasteiger partial charge in [0.2, 0.25) is 0 Å². The van der Waals surface area contributed by atoms with E-state index in [1.807, 2.05) is 25.1 Å². The Morgan fingerprint density at radius 1 is 0.842 bits per heavy atom. The van der Waals surface area contributed by atoms with Crippen molar-refractivity contribution in [2.24, 2.45) is 17.8 Å². The second-order valence-electron chi connectivity index (χ2n) is 12.6. The molecule has 4 atom stereocenters. The summed E-state index contributed by atoms with van der Waals surface area (Å²) in [6.45, 7) is 21.2. The molecule has 0 aromatic heterocycles. The number of benzene rings is 2. The highest BCUT2D eigenvalue weighted by atomic mass is 32.2. The molecule has 0 radical (unpaired) electrons. The van der Waals surface area contributed by atoms with Gasteiger partial charge in [0, 0.05) is 0 Å². The smallest absolute Gasteiger partial charge is 0.296 e. The fraction of sp³-hybridized carbons (Fsp3) is 0.613. The maximum Gasteiger partial charge on any atom is 0.296 e. The summed E-state index contributed by atoms with van der Waals surface area (Å²) in [5, 5.41) is 0.116. The highest BCUT2D eigenvalue weighted by Crippen LogP contribution is 2.39. The third-order valence-corrected chi connectivity index (χ3v) is 13.5. The summed E-state index contributed by atoms with van der Waals surface area (Å²) in [6.07, 6.45) is 1.87. The van der Waals surface area contributed by atoms with Gasteiger partial charge in [0.15, 0.2) is 8.32 Å². The fourth-order valence-corrected chi connectivity index (χ4v) is 6.78. The molecule has 0 unspecified atom stereocenters. The zero-order valence-electron chi connectivity index (χ0n) is 25.0. The molecule has 2 rings (SSSR count). The van der Waals surface area contributed by atoms with Crippen molar-refractivity contribution in [3.8, 4) is 0 Å². The van der Waals surface area contributed by atoms with Gasteiger partial charge < -0.3 is 9.16 Å². The summed E-state index contributed by atoms with van der Waals surface area (Å²) >= 11 is 0. The van der Waals surface area contributed by atoms with Crippen LogP contribution >= 0.6 is 0 Å². The normalized spacial score (nSPS) is 16.1. The van der Waals surface area contributed by atoms with Crippen molar-refractivity contribution in [3.63, 3.8) is 0 Å². The molecule has 0 aliphatic heterocycles. The molecule has 38 heavy (non-hydrogen) atoms. The number of hydrogen-bond donors (Lipinski definition) is 0. The van der Waals surface area contributed by atoms with Crippen LogP contribution in [-0.4, -0.2) is 36.1 Å². The van der Waals surface area contributed by atoms with E-state index in [-0.39, 0.29) is 28.6 Å². The van der Waals surface area contributed by atoms with Crippen LogP contribution in [0.2, 0.25) is 18.1 Å². The van der Waals surface area contributed by atoms with Crippen molar-refractivity contribution in [2.45, 2.75) is 97.0 Å². The van der Waals surface area contributed by atoms with Gasteiger partial charge in [0.25, 0.3) is 10.1 Å². The fourth-order valence-electron chi connectivity index (χ4n) is 4.35. The van der Waals surface area contributed by atoms with Crippen LogP contribution in [0, 0.1) is 24.7 Å². The van der Waals surface area contributed by atoms with Crippen LogP contribution in [0.15, 0.2) is 59.5 Å². The Balaban J connectivity index is 1.95. The molecule has 0 amide bonds. The largest absolute Gasteiger partial charge is 0.411 e. The summed E-state index contributed by atoms with van der Waals surface area (Å²) in [6, 6.07) is 17.0. The summed E-state index contributed by atoms with van der Waals surface area (Å²) in [5.74, 6) is 0.816. The van der Waals surface area contributed by atoms with E-state index < -0.39 is 18.4 Å². The SMILES string of the molecule is Cc1ccc(S(=O)(=O)OC[C@@H](C)C[C@@H](C)C[C@H](C)[C@H](COCc2ccccc2)O[Si](C)(C)C(C)(C)C)cc1. The van der Waals surface area contributed by atoms with E-state index in [2.05, 4.69) is 66.8 Å². The molecule has 0 N–H and O–H groups in total. The van der Waals surface area contributed by atoms with Gasteiger partial charge in [-0.05, 0) is 73.3 Å².